The van der Waals surface area contributed by atoms with Gasteiger partial charge in [-0.3, -0.25) is 0 Å². The van der Waals surface area contributed by atoms with Crippen LogP contribution < -0.4 is 0 Å². The molecule has 0 saturated carbocycles. The number of nitrogens with one attached hydrogen (secondary N) is 1. The average Bonchev–Trinajstić information content (AvgIpc) is 2.32. The van der Waals surface area contributed by atoms with E-state index in [0.717, 1.165) is 0 Å². The summed E-state index contributed by atoms with van der Waals surface area (Å²) >= 11 is 0. The van der Waals surface area contributed by atoms with Gasteiger partial charge in [0.1, 0.15) is 0 Å². The summed E-state index contributed by atoms with van der Waals surface area (Å²) in [4.78, 5) is 19.2. The second-order valence-corrected chi connectivity index (χ2v) is 1.56. The van der Waals surface area contributed by atoms with Crippen molar-refractivity contribution in [2.75, 3.05) is 0 Å². The summed E-state index contributed by atoms with van der Waals surface area (Å²) in [5.74, 6) is -2.26. The summed E-state index contributed by atoms with van der Waals surface area (Å²) < 4.78 is 0. The van der Waals surface area contributed by atoms with Gasteiger partial charge in [-0.1, -0.05) is 0 Å². The van der Waals surface area contributed by atoms with Crippen LogP contribution in [0.5, 0.6) is 0 Å². The predicted molar refractivity (Wildman–Crippen MR) is 30.0 cm³/mol. The van der Waals surface area contributed by atoms with E-state index >= 15 is 0 Å². The van der Waals surface area contributed by atoms with Crippen LogP contribution in [-0.4, -0.2) is 31.4 Å². The molecule has 0 bridgehead atoms. The Morgan fingerprint density at radius 1 is 1.64 bits per heavy atom. The lowest BCUT2D eigenvalue weighted by Crippen LogP contribution is -2.01. The maximum atomic E-state index is 10.2. The highest BCUT2D eigenvalue weighted by atomic mass is 16.6. The molecule has 1 rings (SSSR count). The number of hydrogen-bond donors (Lipinski definition) is 2. The summed E-state index contributed by atoms with van der Waals surface area (Å²) in [6.45, 7) is 0. The van der Waals surface area contributed by atoms with E-state index in [0.29, 0.717) is 0 Å². The standard InChI is InChI=1S/C3H2N4O4/c8-3(9)1-2(7(10)11)5-6-4-1/h(H,8,9)(H,4,5,6). The van der Waals surface area contributed by atoms with Crippen LogP contribution in [0, 0.1) is 10.1 Å². The molecule has 0 saturated heterocycles. The minimum absolute atomic E-state index is 0.685. The van der Waals surface area contributed by atoms with Crippen molar-refractivity contribution in [1.82, 2.24) is 15.4 Å². The molecular formula is C3H2N4O4. The Morgan fingerprint density at radius 2 is 2.27 bits per heavy atom. The van der Waals surface area contributed by atoms with Gasteiger partial charge in [0.15, 0.2) is 0 Å². The van der Waals surface area contributed by atoms with Crippen LogP contribution >= 0.6 is 0 Å². The van der Waals surface area contributed by atoms with Crippen molar-refractivity contribution in [3.05, 3.63) is 15.8 Å². The van der Waals surface area contributed by atoms with Crippen molar-refractivity contribution in [1.29, 1.82) is 0 Å². The Bertz CT molecular complexity index is 276. The maximum absolute atomic E-state index is 10.2. The third kappa shape index (κ3) is 1.13. The fourth-order valence-corrected chi connectivity index (χ4v) is 0.496. The fraction of sp³-hybridized carbons (Fsp3) is 0. The third-order valence-corrected chi connectivity index (χ3v) is 0.905. The molecule has 0 aliphatic rings. The smallest absolute Gasteiger partial charge is 0.425 e. The van der Waals surface area contributed by atoms with Gasteiger partial charge in [0.25, 0.3) is 5.69 Å². The van der Waals surface area contributed by atoms with Gasteiger partial charge in [-0.25, -0.2) is 4.79 Å². The van der Waals surface area contributed by atoms with Crippen LogP contribution in [0.2, 0.25) is 0 Å². The van der Waals surface area contributed by atoms with Crippen LogP contribution in [0.4, 0.5) is 5.82 Å². The second kappa shape index (κ2) is 2.33. The molecule has 8 nitrogen and oxygen atoms in total. The number of nitrogens with zero attached hydrogens (tertiary/aromatic N) is 3. The van der Waals surface area contributed by atoms with Crippen molar-refractivity contribution >= 4 is 11.8 Å². The zero-order valence-corrected chi connectivity index (χ0v) is 5.01. The lowest BCUT2D eigenvalue weighted by Gasteiger charge is -1.86. The minimum Gasteiger partial charge on any atom is -0.476 e. The number of aromatic carboxylic acids is 1. The molecule has 0 atom stereocenters. The van der Waals surface area contributed by atoms with Gasteiger partial charge in [0.05, 0.1) is 5.10 Å². The number of aromatic amines is 1. The third-order valence-electron chi connectivity index (χ3n) is 0.905. The molecular weight excluding hydrogens is 156 g/mol. The maximum Gasteiger partial charge on any atom is 0.425 e. The van der Waals surface area contributed by atoms with E-state index in [1.54, 1.807) is 0 Å². The molecule has 0 spiro atoms. The van der Waals surface area contributed by atoms with E-state index in [9.17, 15) is 14.9 Å². The number of carboxylic acids is 1. The summed E-state index contributed by atoms with van der Waals surface area (Å²) in [5.41, 5.74) is -0.685. The number of carbonyl (C=O) groups is 1. The van der Waals surface area contributed by atoms with Gasteiger partial charge in [-0.15, -0.1) is 10.3 Å². The molecule has 1 aromatic heterocycles. The van der Waals surface area contributed by atoms with Crippen LogP contribution in [0.25, 0.3) is 0 Å². The van der Waals surface area contributed by atoms with E-state index in [-0.39, 0.29) is 0 Å². The topological polar surface area (TPSA) is 122 Å². The second-order valence-electron chi connectivity index (χ2n) is 1.56. The van der Waals surface area contributed by atoms with E-state index in [4.69, 9.17) is 5.11 Å². The Labute approximate surface area is 59.0 Å². The number of carboxylic acid groups (broad SMARTS) is 1. The van der Waals surface area contributed by atoms with Gasteiger partial charge in [0.2, 0.25) is 0 Å². The summed E-state index contributed by atoms with van der Waals surface area (Å²) in [5, 5.41) is 26.2. The van der Waals surface area contributed by atoms with Crippen LogP contribution in [-0.2, 0) is 0 Å². The zero-order valence-electron chi connectivity index (χ0n) is 5.01. The van der Waals surface area contributed by atoms with Crippen molar-refractivity contribution in [2.45, 2.75) is 0 Å². The van der Waals surface area contributed by atoms with Crippen LogP contribution in [0.3, 0.4) is 0 Å². The highest BCUT2D eigenvalue weighted by molar-refractivity contribution is 5.88. The lowest BCUT2D eigenvalue weighted by atomic mass is 10.4. The predicted octanol–water partition coefficient (Wildman–Crippen LogP) is -0.589. The van der Waals surface area contributed by atoms with Crippen molar-refractivity contribution < 1.29 is 14.8 Å². The number of hydrogen-bond acceptors (Lipinski definition) is 5. The SMILES string of the molecule is O=C(O)c1n[nH]nc1[N+](=O)[O-]. The molecule has 1 heterocycles. The molecule has 1 aromatic rings. The number of aromatic nitrogens is 3. The Kier molecular flexibility index (Phi) is 1.51. The highest BCUT2D eigenvalue weighted by Crippen LogP contribution is 2.09. The van der Waals surface area contributed by atoms with Crippen molar-refractivity contribution in [3.8, 4) is 0 Å². The number of nitro groups is 1. The molecule has 0 fully saturated rings. The van der Waals surface area contributed by atoms with E-state index in [2.05, 4.69) is 10.2 Å². The van der Waals surface area contributed by atoms with Crippen molar-refractivity contribution in [3.63, 3.8) is 0 Å². The molecule has 0 amide bonds. The Balaban J connectivity index is 3.16. The molecule has 0 aliphatic carbocycles. The zero-order chi connectivity index (χ0) is 8.43. The average molecular weight is 158 g/mol. The number of H-pyrrole nitrogens is 1. The van der Waals surface area contributed by atoms with E-state index in [1.165, 1.54) is 0 Å². The normalized spacial score (nSPS) is 9.45. The van der Waals surface area contributed by atoms with Gasteiger partial charge in [-0.05, 0) is 4.92 Å². The molecule has 2 N–H and O–H groups in total. The van der Waals surface area contributed by atoms with Crippen LogP contribution in [0.15, 0.2) is 0 Å². The first-order valence-corrected chi connectivity index (χ1v) is 2.41. The molecule has 0 unspecified atom stereocenters. The molecule has 11 heavy (non-hydrogen) atoms. The van der Waals surface area contributed by atoms with Crippen molar-refractivity contribution in [2.24, 2.45) is 0 Å². The quantitative estimate of drug-likeness (QED) is 0.438. The van der Waals surface area contributed by atoms with Crippen LogP contribution in [0.1, 0.15) is 10.5 Å². The summed E-state index contributed by atoms with van der Waals surface area (Å²) in [6, 6.07) is 0. The molecule has 0 aliphatic heterocycles. The minimum atomic E-state index is -1.48. The highest BCUT2D eigenvalue weighted by Gasteiger charge is 2.24. The number of rotatable bonds is 2. The van der Waals surface area contributed by atoms with Gasteiger partial charge >= 0.3 is 11.8 Å². The molecule has 8 heteroatoms. The summed E-state index contributed by atoms with van der Waals surface area (Å²) in [7, 11) is 0. The molecule has 58 valence electrons. The lowest BCUT2D eigenvalue weighted by molar-refractivity contribution is -0.389. The first-order chi connectivity index (χ1) is 5.13. The van der Waals surface area contributed by atoms with Gasteiger partial charge < -0.3 is 15.2 Å². The van der Waals surface area contributed by atoms with E-state index in [1.807, 2.05) is 5.21 Å². The Morgan fingerprint density at radius 3 is 2.64 bits per heavy atom. The van der Waals surface area contributed by atoms with Gasteiger partial charge in [0, 0.05) is 0 Å². The first-order valence-electron chi connectivity index (χ1n) is 2.41. The first kappa shape index (κ1) is 7.12. The monoisotopic (exact) mass is 158 g/mol. The molecule has 0 radical (unpaired) electrons. The largest absolute Gasteiger partial charge is 0.476 e. The molecule has 0 aromatic carbocycles. The Hall–Kier alpha value is -1.99. The van der Waals surface area contributed by atoms with E-state index < -0.39 is 22.4 Å². The fourth-order valence-electron chi connectivity index (χ4n) is 0.496. The summed E-state index contributed by atoms with van der Waals surface area (Å²) in [6.07, 6.45) is 0. The van der Waals surface area contributed by atoms with Gasteiger partial charge in [-0.2, -0.15) is 0 Å².